The molecule has 0 saturated carbocycles. The van der Waals surface area contributed by atoms with Crippen LogP contribution in [0.2, 0.25) is 0 Å². The number of sulfonamides is 1. The molecule has 0 bridgehead atoms. The second kappa shape index (κ2) is 8.01. The van der Waals surface area contributed by atoms with E-state index in [-0.39, 0.29) is 23.4 Å². The third kappa shape index (κ3) is 3.86. The van der Waals surface area contributed by atoms with Crippen molar-refractivity contribution < 1.29 is 17.6 Å². The zero-order valence-corrected chi connectivity index (χ0v) is 17.2. The largest absolute Gasteiger partial charge is 0.305 e. The number of anilines is 1. The summed E-state index contributed by atoms with van der Waals surface area (Å²) in [6.45, 7) is 1.98. The minimum atomic E-state index is -3.99. The summed E-state index contributed by atoms with van der Waals surface area (Å²) in [5, 5.41) is 0. The standard InChI is InChI=1S/C23H21FN2O3S/c1-16-13-19-12-11-17(15-25-30(28,29)22-10-6-5-9-20(22)24)14-21(19)26(16)23(27)18-7-3-2-4-8-18/h2-12,14,16,25H,13,15H2,1H3. The first-order valence-electron chi connectivity index (χ1n) is 9.61. The Balaban J connectivity index is 1.58. The lowest BCUT2D eigenvalue weighted by Gasteiger charge is -2.23. The van der Waals surface area contributed by atoms with Crippen molar-refractivity contribution in [3.05, 3.63) is 95.3 Å². The number of amides is 1. The predicted octanol–water partition coefficient (Wildman–Crippen LogP) is 3.90. The molecular formula is C23H21FN2O3S. The van der Waals surface area contributed by atoms with E-state index in [9.17, 15) is 17.6 Å². The van der Waals surface area contributed by atoms with Gasteiger partial charge >= 0.3 is 0 Å². The molecule has 3 aromatic rings. The summed E-state index contributed by atoms with van der Waals surface area (Å²) in [7, 11) is -3.99. The Bertz CT molecular complexity index is 1200. The molecule has 154 valence electrons. The van der Waals surface area contributed by atoms with Crippen molar-refractivity contribution in [1.29, 1.82) is 0 Å². The number of rotatable bonds is 5. The van der Waals surface area contributed by atoms with Crippen LogP contribution in [0.1, 0.15) is 28.4 Å². The van der Waals surface area contributed by atoms with Gasteiger partial charge in [0, 0.05) is 23.8 Å². The summed E-state index contributed by atoms with van der Waals surface area (Å²) in [6, 6.07) is 19.9. The van der Waals surface area contributed by atoms with Crippen LogP contribution in [0.25, 0.3) is 0 Å². The van der Waals surface area contributed by atoms with Gasteiger partial charge in [0.2, 0.25) is 10.0 Å². The molecule has 30 heavy (non-hydrogen) atoms. The van der Waals surface area contributed by atoms with Gasteiger partial charge in [0.15, 0.2) is 0 Å². The molecule has 1 atom stereocenters. The van der Waals surface area contributed by atoms with Crippen LogP contribution in [0.15, 0.2) is 77.7 Å². The van der Waals surface area contributed by atoms with Gasteiger partial charge in [-0.15, -0.1) is 0 Å². The number of fused-ring (bicyclic) bond motifs is 1. The zero-order valence-electron chi connectivity index (χ0n) is 16.4. The number of nitrogens with zero attached hydrogens (tertiary/aromatic N) is 1. The van der Waals surface area contributed by atoms with Gasteiger partial charge in [0.1, 0.15) is 10.7 Å². The van der Waals surface area contributed by atoms with Crippen molar-refractivity contribution in [2.75, 3.05) is 4.90 Å². The Morgan fingerprint density at radius 2 is 1.77 bits per heavy atom. The summed E-state index contributed by atoms with van der Waals surface area (Å²) >= 11 is 0. The van der Waals surface area contributed by atoms with E-state index in [1.807, 2.05) is 43.3 Å². The number of carbonyl (C=O) groups is 1. The van der Waals surface area contributed by atoms with Crippen molar-refractivity contribution in [2.45, 2.75) is 30.8 Å². The molecule has 0 aliphatic carbocycles. The van der Waals surface area contributed by atoms with Gasteiger partial charge in [-0.2, -0.15) is 0 Å². The highest BCUT2D eigenvalue weighted by molar-refractivity contribution is 7.89. The highest BCUT2D eigenvalue weighted by atomic mass is 32.2. The topological polar surface area (TPSA) is 66.5 Å². The highest BCUT2D eigenvalue weighted by Gasteiger charge is 2.31. The van der Waals surface area contributed by atoms with E-state index in [0.29, 0.717) is 11.1 Å². The van der Waals surface area contributed by atoms with Crippen molar-refractivity contribution in [3.63, 3.8) is 0 Å². The number of carbonyl (C=O) groups excluding carboxylic acids is 1. The van der Waals surface area contributed by atoms with Crippen LogP contribution in [0.3, 0.4) is 0 Å². The third-order valence-electron chi connectivity index (χ3n) is 5.20. The number of hydrogen-bond donors (Lipinski definition) is 1. The quantitative estimate of drug-likeness (QED) is 0.676. The minimum Gasteiger partial charge on any atom is -0.305 e. The van der Waals surface area contributed by atoms with Gasteiger partial charge < -0.3 is 4.90 Å². The molecule has 1 heterocycles. The molecule has 0 spiro atoms. The lowest BCUT2D eigenvalue weighted by molar-refractivity contribution is 0.0981. The van der Waals surface area contributed by atoms with E-state index in [0.717, 1.165) is 23.7 Å². The molecular weight excluding hydrogens is 403 g/mol. The van der Waals surface area contributed by atoms with E-state index >= 15 is 0 Å². The average Bonchev–Trinajstić information content (AvgIpc) is 3.07. The number of nitrogens with one attached hydrogen (secondary N) is 1. The molecule has 1 N–H and O–H groups in total. The van der Waals surface area contributed by atoms with Crippen LogP contribution in [-0.4, -0.2) is 20.4 Å². The third-order valence-corrected chi connectivity index (χ3v) is 6.63. The Kier molecular flexibility index (Phi) is 5.40. The molecule has 4 rings (SSSR count). The maximum atomic E-state index is 13.9. The van der Waals surface area contributed by atoms with Crippen molar-refractivity contribution in [2.24, 2.45) is 0 Å². The Labute approximate surface area is 175 Å². The lowest BCUT2D eigenvalue weighted by atomic mass is 10.1. The van der Waals surface area contributed by atoms with Crippen LogP contribution in [0, 0.1) is 5.82 Å². The fraction of sp³-hybridized carbons (Fsp3) is 0.174. The monoisotopic (exact) mass is 424 g/mol. The first-order valence-corrected chi connectivity index (χ1v) is 11.1. The second-order valence-electron chi connectivity index (χ2n) is 7.31. The maximum absolute atomic E-state index is 13.9. The summed E-state index contributed by atoms with van der Waals surface area (Å²) in [6.07, 6.45) is 0.731. The van der Waals surface area contributed by atoms with E-state index in [2.05, 4.69) is 4.72 Å². The Morgan fingerprint density at radius 1 is 1.07 bits per heavy atom. The maximum Gasteiger partial charge on any atom is 0.258 e. The lowest BCUT2D eigenvalue weighted by Crippen LogP contribution is -2.35. The molecule has 7 heteroatoms. The van der Waals surface area contributed by atoms with Gasteiger partial charge in [-0.25, -0.2) is 17.5 Å². The molecule has 0 saturated heterocycles. The smallest absolute Gasteiger partial charge is 0.258 e. The first kappa shape index (κ1) is 20.3. The van der Waals surface area contributed by atoms with Gasteiger partial charge in [0.05, 0.1) is 0 Å². The predicted molar refractivity (Wildman–Crippen MR) is 113 cm³/mol. The number of halogens is 1. The molecule has 0 radical (unpaired) electrons. The average molecular weight is 424 g/mol. The Hall–Kier alpha value is -3.03. The van der Waals surface area contributed by atoms with E-state index in [1.54, 1.807) is 17.0 Å². The normalized spacial score (nSPS) is 15.8. The van der Waals surface area contributed by atoms with Crippen molar-refractivity contribution >= 4 is 21.6 Å². The number of benzene rings is 3. The molecule has 1 aliphatic heterocycles. The molecule has 1 unspecified atom stereocenters. The summed E-state index contributed by atoms with van der Waals surface area (Å²) < 4.78 is 41.2. The number of hydrogen-bond acceptors (Lipinski definition) is 3. The van der Waals surface area contributed by atoms with Gasteiger partial charge in [-0.05, 0) is 54.8 Å². The first-order chi connectivity index (χ1) is 14.4. The highest BCUT2D eigenvalue weighted by Crippen LogP contribution is 2.34. The van der Waals surface area contributed by atoms with E-state index < -0.39 is 15.8 Å². The van der Waals surface area contributed by atoms with Crippen molar-refractivity contribution in [1.82, 2.24) is 4.72 Å². The minimum absolute atomic E-state index is 0.00179. The van der Waals surface area contributed by atoms with Crippen LogP contribution >= 0.6 is 0 Å². The van der Waals surface area contributed by atoms with Gasteiger partial charge in [-0.1, -0.05) is 42.5 Å². The van der Waals surface area contributed by atoms with Crippen LogP contribution in [-0.2, 0) is 23.0 Å². The fourth-order valence-electron chi connectivity index (χ4n) is 3.71. The summed E-state index contributed by atoms with van der Waals surface area (Å²) in [5.74, 6) is -0.890. The zero-order chi connectivity index (χ0) is 21.3. The summed E-state index contributed by atoms with van der Waals surface area (Å²) in [5.41, 5.74) is 3.10. The Morgan fingerprint density at radius 3 is 2.50 bits per heavy atom. The molecule has 0 fully saturated rings. The van der Waals surface area contributed by atoms with Crippen molar-refractivity contribution in [3.8, 4) is 0 Å². The van der Waals surface area contributed by atoms with Crippen LogP contribution in [0.5, 0.6) is 0 Å². The van der Waals surface area contributed by atoms with Crippen LogP contribution < -0.4 is 9.62 Å². The summed E-state index contributed by atoms with van der Waals surface area (Å²) in [4.78, 5) is 14.4. The van der Waals surface area contributed by atoms with E-state index in [4.69, 9.17) is 0 Å². The SMILES string of the molecule is CC1Cc2ccc(CNS(=O)(=O)c3ccccc3F)cc2N1C(=O)c1ccccc1. The second-order valence-corrected chi connectivity index (χ2v) is 9.05. The van der Waals surface area contributed by atoms with E-state index in [1.165, 1.54) is 18.2 Å². The molecule has 5 nitrogen and oxygen atoms in total. The molecule has 0 aromatic heterocycles. The van der Waals surface area contributed by atoms with Gasteiger partial charge in [-0.3, -0.25) is 4.79 Å². The molecule has 1 aliphatic rings. The fourth-order valence-corrected chi connectivity index (χ4v) is 4.81. The van der Waals surface area contributed by atoms with Gasteiger partial charge in [0.25, 0.3) is 5.91 Å². The van der Waals surface area contributed by atoms with Crippen LogP contribution in [0.4, 0.5) is 10.1 Å². The molecule has 3 aromatic carbocycles. The molecule has 1 amide bonds.